The smallest absolute Gasteiger partial charge is 0.416 e. The van der Waals surface area contributed by atoms with Crippen molar-refractivity contribution in [1.29, 1.82) is 0 Å². The Morgan fingerprint density at radius 1 is 1.16 bits per heavy atom. The van der Waals surface area contributed by atoms with Gasteiger partial charge in [0.25, 0.3) is 0 Å². The fraction of sp³-hybridized carbons (Fsp3) is 0.0952. The standard InChI is InChI=1S/C21H15F4N3O2S/c1-11(26)17(13-3-2-4-15(22)9-13)18(19(29)30)28-20-27-16(10-31-20)12-5-7-14(8-6-12)21(23,24)25/h2-10H,26H2,1H3,(H,29,30). The molecular formula is C21H15F4N3O2S. The summed E-state index contributed by atoms with van der Waals surface area (Å²) in [5.41, 5.74) is 5.78. The molecule has 0 fully saturated rings. The molecule has 0 amide bonds. The number of nitrogens with zero attached hydrogens (tertiary/aromatic N) is 2. The van der Waals surface area contributed by atoms with Crippen molar-refractivity contribution in [3.63, 3.8) is 0 Å². The predicted octanol–water partition coefficient (Wildman–Crippen LogP) is 5.52. The number of carboxylic acids is 1. The molecule has 10 heteroatoms. The molecule has 3 N–H and O–H groups in total. The lowest BCUT2D eigenvalue weighted by molar-refractivity contribution is -0.137. The van der Waals surface area contributed by atoms with E-state index in [9.17, 15) is 27.5 Å². The van der Waals surface area contributed by atoms with Crippen LogP contribution in [0.5, 0.6) is 0 Å². The lowest BCUT2D eigenvalue weighted by atomic mass is 9.99. The van der Waals surface area contributed by atoms with Gasteiger partial charge in [0.2, 0.25) is 5.13 Å². The van der Waals surface area contributed by atoms with Crippen LogP contribution in [0.25, 0.3) is 16.8 Å². The van der Waals surface area contributed by atoms with Gasteiger partial charge in [-0.2, -0.15) is 13.2 Å². The van der Waals surface area contributed by atoms with Gasteiger partial charge in [0.15, 0.2) is 5.71 Å². The molecule has 2 aromatic carbocycles. The van der Waals surface area contributed by atoms with Crippen LogP contribution in [0.3, 0.4) is 0 Å². The highest BCUT2D eigenvalue weighted by Gasteiger charge is 2.30. The maximum absolute atomic E-state index is 13.6. The molecule has 0 aliphatic carbocycles. The molecule has 0 atom stereocenters. The number of alkyl halides is 3. The Balaban J connectivity index is 2.00. The second kappa shape index (κ2) is 8.68. The summed E-state index contributed by atoms with van der Waals surface area (Å²) in [6.45, 7) is 1.47. The van der Waals surface area contributed by atoms with Crippen LogP contribution in [0.4, 0.5) is 22.7 Å². The monoisotopic (exact) mass is 449 g/mol. The molecular weight excluding hydrogens is 434 g/mol. The Hall–Kier alpha value is -3.53. The number of hydrogen-bond acceptors (Lipinski definition) is 5. The molecule has 31 heavy (non-hydrogen) atoms. The summed E-state index contributed by atoms with van der Waals surface area (Å²) in [5.74, 6) is -1.96. The number of halogens is 4. The zero-order chi connectivity index (χ0) is 22.8. The van der Waals surface area contributed by atoms with Crippen LogP contribution in [-0.2, 0) is 11.0 Å². The van der Waals surface area contributed by atoms with E-state index >= 15 is 0 Å². The lowest BCUT2D eigenvalue weighted by Crippen LogP contribution is -2.18. The molecule has 0 aliphatic heterocycles. The molecule has 3 aromatic rings. The molecule has 5 nitrogen and oxygen atoms in total. The van der Waals surface area contributed by atoms with Crippen molar-refractivity contribution in [2.75, 3.05) is 0 Å². The number of carboxylic acid groups (broad SMARTS) is 1. The van der Waals surface area contributed by atoms with E-state index in [4.69, 9.17) is 5.73 Å². The molecule has 160 valence electrons. The Morgan fingerprint density at radius 3 is 2.39 bits per heavy atom. The summed E-state index contributed by atoms with van der Waals surface area (Å²) in [5, 5.41) is 11.3. The van der Waals surface area contributed by atoms with Crippen molar-refractivity contribution in [2.45, 2.75) is 13.1 Å². The highest BCUT2D eigenvalue weighted by Crippen LogP contribution is 2.33. The molecule has 3 rings (SSSR count). The molecule has 0 aliphatic rings. The van der Waals surface area contributed by atoms with E-state index in [0.717, 1.165) is 29.5 Å². The van der Waals surface area contributed by atoms with E-state index < -0.39 is 29.2 Å². The van der Waals surface area contributed by atoms with Crippen LogP contribution in [0.2, 0.25) is 0 Å². The van der Waals surface area contributed by atoms with Crippen LogP contribution in [0.1, 0.15) is 18.1 Å². The van der Waals surface area contributed by atoms with Gasteiger partial charge in [0.05, 0.1) is 11.3 Å². The molecule has 0 saturated carbocycles. The number of benzene rings is 2. The molecule has 0 bridgehead atoms. The van der Waals surface area contributed by atoms with Crippen LogP contribution in [-0.4, -0.2) is 21.8 Å². The van der Waals surface area contributed by atoms with E-state index in [0.29, 0.717) is 11.3 Å². The summed E-state index contributed by atoms with van der Waals surface area (Å²) in [7, 11) is 0. The van der Waals surface area contributed by atoms with E-state index in [1.807, 2.05) is 0 Å². The van der Waals surface area contributed by atoms with E-state index in [2.05, 4.69) is 9.98 Å². The third-order valence-corrected chi connectivity index (χ3v) is 4.89. The van der Waals surface area contributed by atoms with Gasteiger partial charge in [-0.25, -0.2) is 19.2 Å². The summed E-state index contributed by atoms with van der Waals surface area (Å²) in [4.78, 5) is 20.1. The molecule has 1 heterocycles. The fourth-order valence-electron chi connectivity index (χ4n) is 2.78. The number of aliphatic carboxylic acids is 1. The summed E-state index contributed by atoms with van der Waals surface area (Å²) in [6, 6.07) is 9.67. The first-order chi connectivity index (χ1) is 14.6. The van der Waals surface area contributed by atoms with E-state index in [1.165, 1.54) is 37.3 Å². The van der Waals surface area contributed by atoms with Gasteiger partial charge in [-0.15, -0.1) is 11.3 Å². The minimum absolute atomic E-state index is 0.0401. The number of allylic oxidation sites excluding steroid dienone is 1. The Kier molecular flexibility index (Phi) is 6.21. The first kappa shape index (κ1) is 22.2. The highest BCUT2D eigenvalue weighted by molar-refractivity contribution is 7.13. The Bertz CT molecular complexity index is 1180. The fourth-order valence-corrected chi connectivity index (χ4v) is 3.48. The third-order valence-electron chi connectivity index (χ3n) is 4.15. The number of aromatic nitrogens is 1. The molecule has 1 aromatic heterocycles. The van der Waals surface area contributed by atoms with Crippen molar-refractivity contribution in [2.24, 2.45) is 10.7 Å². The van der Waals surface area contributed by atoms with Gasteiger partial charge in [0, 0.05) is 22.2 Å². The molecule has 0 unspecified atom stereocenters. The van der Waals surface area contributed by atoms with E-state index in [1.54, 1.807) is 5.38 Å². The quantitative estimate of drug-likeness (QED) is 0.397. The van der Waals surface area contributed by atoms with Crippen molar-refractivity contribution < 1.29 is 27.5 Å². The second-order valence-corrected chi connectivity index (χ2v) is 7.26. The summed E-state index contributed by atoms with van der Waals surface area (Å²) >= 11 is 1.01. The second-order valence-electron chi connectivity index (χ2n) is 6.42. The number of thiazole rings is 1. The van der Waals surface area contributed by atoms with Crippen LogP contribution in [0.15, 0.2) is 64.6 Å². The van der Waals surface area contributed by atoms with Crippen molar-refractivity contribution >= 4 is 33.7 Å². The number of nitrogens with two attached hydrogens (primary N) is 1. The highest BCUT2D eigenvalue weighted by atomic mass is 32.1. The number of carbonyl (C=O) groups is 1. The van der Waals surface area contributed by atoms with E-state index in [-0.39, 0.29) is 22.0 Å². The SMILES string of the molecule is CC(N)=C(C(=Nc1nc(-c2ccc(C(F)(F)F)cc2)cs1)C(=O)O)c1cccc(F)c1. The number of aliphatic imine (C=N–C) groups is 1. The number of rotatable bonds is 5. The summed E-state index contributed by atoms with van der Waals surface area (Å²) in [6.07, 6.45) is -4.45. The van der Waals surface area contributed by atoms with Gasteiger partial charge in [-0.3, -0.25) is 0 Å². The van der Waals surface area contributed by atoms with Crippen molar-refractivity contribution in [3.8, 4) is 11.3 Å². The van der Waals surface area contributed by atoms with Gasteiger partial charge >= 0.3 is 12.1 Å². The average molecular weight is 449 g/mol. The third kappa shape index (κ3) is 5.15. The van der Waals surface area contributed by atoms with Crippen molar-refractivity contribution in [1.82, 2.24) is 4.98 Å². The van der Waals surface area contributed by atoms with Gasteiger partial charge in [0.1, 0.15) is 5.82 Å². The molecule has 0 spiro atoms. The molecule has 0 radical (unpaired) electrons. The Labute approximate surface area is 178 Å². The maximum atomic E-state index is 13.6. The zero-order valence-corrected chi connectivity index (χ0v) is 16.8. The van der Waals surface area contributed by atoms with Gasteiger partial charge < -0.3 is 10.8 Å². The first-order valence-corrected chi connectivity index (χ1v) is 9.62. The topological polar surface area (TPSA) is 88.6 Å². The molecule has 0 saturated heterocycles. The lowest BCUT2D eigenvalue weighted by Gasteiger charge is -2.10. The van der Waals surface area contributed by atoms with Crippen LogP contribution >= 0.6 is 11.3 Å². The van der Waals surface area contributed by atoms with Crippen molar-refractivity contribution in [3.05, 3.63) is 76.6 Å². The summed E-state index contributed by atoms with van der Waals surface area (Å²) < 4.78 is 51.8. The minimum atomic E-state index is -4.45. The predicted molar refractivity (Wildman–Crippen MR) is 110 cm³/mol. The first-order valence-electron chi connectivity index (χ1n) is 8.74. The van der Waals surface area contributed by atoms with Gasteiger partial charge in [-0.05, 0) is 36.8 Å². The number of hydrogen-bond donors (Lipinski definition) is 2. The van der Waals surface area contributed by atoms with Crippen LogP contribution in [0, 0.1) is 5.82 Å². The zero-order valence-electron chi connectivity index (χ0n) is 15.9. The maximum Gasteiger partial charge on any atom is 0.416 e. The largest absolute Gasteiger partial charge is 0.476 e. The Morgan fingerprint density at radius 2 is 1.84 bits per heavy atom. The van der Waals surface area contributed by atoms with Crippen LogP contribution < -0.4 is 5.73 Å². The average Bonchev–Trinajstić information content (AvgIpc) is 3.15. The van der Waals surface area contributed by atoms with Gasteiger partial charge in [-0.1, -0.05) is 24.3 Å². The minimum Gasteiger partial charge on any atom is -0.476 e. The normalized spacial score (nSPS) is 13.1.